The van der Waals surface area contributed by atoms with Crippen molar-refractivity contribution in [2.45, 2.75) is 57.2 Å². The smallest absolute Gasteiger partial charge is 0.156 e. The zero-order valence-corrected chi connectivity index (χ0v) is 23.0. The van der Waals surface area contributed by atoms with E-state index in [1.165, 1.54) is 28.9 Å². The average molecular weight is 526 g/mol. The van der Waals surface area contributed by atoms with Crippen LogP contribution >= 0.6 is 0 Å². The Hall–Kier alpha value is -3.20. The number of hydrogen-bond donors (Lipinski definition) is 1. The van der Waals surface area contributed by atoms with Crippen LogP contribution < -0.4 is 4.90 Å². The molecule has 0 amide bonds. The first-order valence-electron chi connectivity index (χ1n) is 14.1. The molecule has 1 N–H and O–H groups in total. The summed E-state index contributed by atoms with van der Waals surface area (Å²) in [6.07, 6.45) is 6.12. The molecule has 1 aliphatic heterocycles. The standard InChI is InChI=1S/C34H36FNO3/c1-33-21-39-32(23-7-10-26(11-8-23)36(2)3)31-28-14-12-27(37)20-24(28)9-13-29(31)30(33)16-18-34(33,38)17-15-22-5-4-6-25(35)19-22/h4-8,10-11,19-20,29-30,32,38H,9,12-14,16,18,21H2,1-3H3/t29?,30?,32-,33+,34+/m1/s1. The summed E-state index contributed by atoms with van der Waals surface area (Å²) in [5.41, 5.74) is 4.70. The number of aliphatic hydroxyl groups is 1. The van der Waals surface area contributed by atoms with Crippen molar-refractivity contribution in [1.29, 1.82) is 0 Å². The van der Waals surface area contributed by atoms with Gasteiger partial charge in [-0.1, -0.05) is 37.0 Å². The maximum atomic E-state index is 13.8. The number of carbonyl (C=O) groups excluding carboxylic acids is 1. The quantitative estimate of drug-likeness (QED) is 0.478. The van der Waals surface area contributed by atoms with Gasteiger partial charge in [0.1, 0.15) is 17.5 Å². The minimum absolute atomic E-state index is 0.192. The van der Waals surface area contributed by atoms with Crippen molar-refractivity contribution < 1.29 is 19.0 Å². The summed E-state index contributed by atoms with van der Waals surface area (Å²) in [4.78, 5) is 14.4. The Morgan fingerprint density at radius 3 is 2.62 bits per heavy atom. The second kappa shape index (κ2) is 9.77. The zero-order chi connectivity index (χ0) is 27.4. The van der Waals surface area contributed by atoms with Crippen molar-refractivity contribution in [3.8, 4) is 11.8 Å². The Kier molecular flexibility index (Phi) is 6.52. The van der Waals surface area contributed by atoms with Gasteiger partial charge in [0, 0.05) is 37.2 Å². The molecule has 2 aromatic carbocycles. The molecule has 39 heavy (non-hydrogen) atoms. The fourth-order valence-electron chi connectivity index (χ4n) is 7.44. The number of allylic oxidation sites excluding steroid dienone is 3. The summed E-state index contributed by atoms with van der Waals surface area (Å²) in [6.45, 7) is 2.50. The van der Waals surface area contributed by atoms with Gasteiger partial charge in [-0.3, -0.25) is 4.79 Å². The lowest BCUT2D eigenvalue weighted by atomic mass is 9.61. The largest absolute Gasteiger partial charge is 0.378 e. The SMILES string of the molecule is CN(C)c1ccc([C@H]2OC[C@@]3(C)C(CC[C@@]3(O)C#Cc3cccc(F)c3)C3CCC4=CC(=O)CCC4=C32)cc1. The predicted molar refractivity (Wildman–Crippen MR) is 151 cm³/mol. The van der Waals surface area contributed by atoms with Crippen LogP contribution in [0, 0.1) is 34.9 Å². The maximum absolute atomic E-state index is 13.8. The van der Waals surface area contributed by atoms with E-state index in [1.54, 1.807) is 12.1 Å². The van der Waals surface area contributed by atoms with Crippen LogP contribution in [0.3, 0.4) is 0 Å². The van der Waals surface area contributed by atoms with E-state index in [4.69, 9.17) is 4.74 Å². The van der Waals surface area contributed by atoms with Gasteiger partial charge in [-0.2, -0.15) is 0 Å². The molecule has 2 fully saturated rings. The monoisotopic (exact) mass is 525 g/mol. The van der Waals surface area contributed by atoms with E-state index in [-0.39, 0.29) is 29.5 Å². The Bertz CT molecular complexity index is 1430. The third-order valence-corrected chi connectivity index (χ3v) is 9.67. The molecule has 1 heterocycles. The lowest BCUT2D eigenvalue weighted by molar-refractivity contribution is -0.114. The molecule has 2 unspecified atom stereocenters. The third-order valence-electron chi connectivity index (χ3n) is 9.67. The molecule has 0 aromatic heterocycles. The normalized spacial score (nSPS) is 31.8. The molecule has 1 saturated carbocycles. The van der Waals surface area contributed by atoms with Gasteiger partial charge in [0.05, 0.1) is 6.61 Å². The molecule has 6 rings (SSSR count). The molecule has 0 radical (unpaired) electrons. The molecule has 4 nitrogen and oxygen atoms in total. The summed E-state index contributed by atoms with van der Waals surface area (Å²) in [5.74, 6) is 6.56. The number of carbonyl (C=O) groups is 1. The maximum Gasteiger partial charge on any atom is 0.156 e. The Labute approximate surface area is 230 Å². The molecule has 5 heteroatoms. The van der Waals surface area contributed by atoms with Gasteiger partial charge in [0.25, 0.3) is 0 Å². The van der Waals surface area contributed by atoms with Crippen LogP contribution in [-0.4, -0.2) is 37.2 Å². The minimum atomic E-state index is -1.25. The first-order valence-corrected chi connectivity index (χ1v) is 14.1. The first-order chi connectivity index (χ1) is 18.7. The number of ether oxygens (including phenoxy) is 1. The lowest BCUT2D eigenvalue weighted by Gasteiger charge is -2.42. The molecule has 1 saturated heterocycles. The summed E-state index contributed by atoms with van der Waals surface area (Å²) in [7, 11) is 4.06. The van der Waals surface area contributed by atoms with E-state index in [2.05, 4.69) is 47.9 Å². The zero-order valence-electron chi connectivity index (χ0n) is 23.0. The molecular weight excluding hydrogens is 489 g/mol. The lowest BCUT2D eigenvalue weighted by Crippen LogP contribution is -2.48. The predicted octanol–water partition coefficient (Wildman–Crippen LogP) is 6.16. The molecule has 4 aliphatic rings. The second-order valence-corrected chi connectivity index (χ2v) is 12.1. The number of hydrogen-bond acceptors (Lipinski definition) is 4. The molecule has 3 aliphatic carbocycles. The van der Waals surface area contributed by atoms with Gasteiger partial charge in [-0.15, -0.1) is 0 Å². The molecular formula is C34H36FNO3. The van der Waals surface area contributed by atoms with Crippen LogP contribution in [0.4, 0.5) is 10.1 Å². The fraction of sp³-hybridized carbons (Fsp3) is 0.441. The Balaban J connectivity index is 1.44. The van der Waals surface area contributed by atoms with Gasteiger partial charge < -0.3 is 14.7 Å². The molecule has 0 bridgehead atoms. The highest BCUT2D eigenvalue weighted by atomic mass is 19.1. The van der Waals surface area contributed by atoms with Crippen LogP contribution in [0.25, 0.3) is 0 Å². The summed E-state index contributed by atoms with van der Waals surface area (Å²) >= 11 is 0. The van der Waals surface area contributed by atoms with E-state index in [0.717, 1.165) is 36.9 Å². The van der Waals surface area contributed by atoms with Crippen LogP contribution in [0.15, 0.2) is 71.3 Å². The number of benzene rings is 2. The van der Waals surface area contributed by atoms with Crippen LogP contribution in [0.5, 0.6) is 0 Å². The summed E-state index contributed by atoms with van der Waals surface area (Å²) in [6, 6.07) is 14.8. The van der Waals surface area contributed by atoms with Gasteiger partial charge >= 0.3 is 0 Å². The molecule has 202 valence electrons. The summed E-state index contributed by atoms with van der Waals surface area (Å²) < 4.78 is 20.6. The number of fused-ring (bicyclic) bond motifs is 4. The van der Waals surface area contributed by atoms with E-state index in [0.29, 0.717) is 25.0 Å². The van der Waals surface area contributed by atoms with Crippen molar-refractivity contribution in [2.75, 3.05) is 25.6 Å². The van der Waals surface area contributed by atoms with Crippen molar-refractivity contribution in [3.05, 3.63) is 88.3 Å². The van der Waals surface area contributed by atoms with Crippen LogP contribution in [0.1, 0.15) is 62.7 Å². The summed E-state index contributed by atoms with van der Waals surface area (Å²) in [5, 5.41) is 12.1. The van der Waals surface area contributed by atoms with Gasteiger partial charge in [-0.05, 0) is 103 Å². The topological polar surface area (TPSA) is 49.8 Å². The highest BCUT2D eigenvalue weighted by Crippen LogP contribution is 2.61. The number of anilines is 1. The van der Waals surface area contributed by atoms with E-state index in [1.807, 2.05) is 20.2 Å². The first kappa shape index (κ1) is 26.0. The van der Waals surface area contributed by atoms with Crippen LogP contribution in [0.2, 0.25) is 0 Å². The number of rotatable bonds is 2. The van der Waals surface area contributed by atoms with Crippen molar-refractivity contribution >= 4 is 11.5 Å². The average Bonchev–Trinajstić information content (AvgIpc) is 3.09. The van der Waals surface area contributed by atoms with Gasteiger partial charge in [-0.25, -0.2) is 4.39 Å². The van der Waals surface area contributed by atoms with E-state index < -0.39 is 11.0 Å². The number of halogens is 1. The molecule has 5 atom stereocenters. The molecule has 2 aromatic rings. The molecule has 0 spiro atoms. The Morgan fingerprint density at radius 2 is 1.87 bits per heavy atom. The van der Waals surface area contributed by atoms with Crippen LogP contribution in [-0.2, 0) is 9.53 Å². The van der Waals surface area contributed by atoms with Gasteiger partial charge in [0.2, 0.25) is 0 Å². The Morgan fingerprint density at radius 1 is 1.08 bits per heavy atom. The van der Waals surface area contributed by atoms with Crippen molar-refractivity contribution in [2.24, 2.45) is 17.3 Å². The number of nitrogens with zero attached hydrogens (tertiary/aromatic N) is 1. The fourth-order valence-corrected chi connectivity index (χ4v) is 7.44. The van der Waals surface area contributed by atoms with Crippen molar-refractivity contribution in [3.63, 3.8) is 0 Å². The van der Waals surface area contributed by atoms with Crippen molar-refractivity contribution in [1.82, 2.24) is 0 Å². The minimum Gasteiger partial charge on any atom is -0.378 e. The number of ketones is 1. The van der Waals surface area contributed by atoms with Gasteiger partial charge in [0.15, 0.2) is 5.78 Å². The van der Waals surface area contributed by atoms with E-state index in [9.17, 15) is 14.3 Å². The highest BCUT2D eigenvalue weighted by molar-refractivity contribution is 5.93. The highest BCUT2D eigenvalue weighted by Gasteiger charge is 2.61. The third kappa shape index (κ3) is 4.44. The second-order valence-electron chi connectivity index (χ2n) is 12.1. The van der Waals surface area contributed by atoms with E-state index >= 15 is 0 Å².